The van der Waals surface area contributed by atoms with E-state index in [1.807, 2.05) is 27.8 Å². The molecule has 0 atom stereocenters. The van der Waals surface area contributed by atoms with Gasteiger partial charge in [-0.1, -0.05) is 6.92 Å². The highest BCUT2D eigenvalue weighted by molar-refractivity contribution is 5.31. The van der Waals surface area contributed by atoms with Crippen molar-refractivity contribution >= 4 is 0 Å². The quantitative estimate of drug-likeness (QED) is 0.806. The zero-order chi connectivity index (χ0) is 12.4. The fourth-order valence-electron chi connectivity index (χ4n) is 1.59. The monoisotopic (exact) mass is 236 g/mol. The molecule has 0 spiro atoms. The van der Waals surface area contributed by atoms with Gasteiger partial charge in [-0.25, -0.2) is 0 Å². The fraction of sp³-hybridized carbons (Fsp3) is 0.545. The van der Waals surface area contributed by atoms with Crippen LogP contribution in [0, 0.1) is 13.8 Å². The standard InChI is InChI=1S/C11H16N4O2/c1-5-9-12-13-10(17-9)6-16-11-7(2)14-15(4)8(11)3/h5-6H2,1-4H3. The van der Waals surface area contributed by atoms with Gasteiger partial charge in [-0.2, -0.15) is 5.10 Å². The van der Waals surface area contributed by atoms with E-state index >= 15 is 0 Å². The van der Waals surface area contributed by atoms with Crippen molar-refractivity contribution in [3.05, 3.63) is 23.2 Å². The summed E-state index contributed by atoms with van der Waals surface area (Å²) in [5.74, 6) is 1.90. The van der Waals surface area contributed by atoms with Gasteiger partial charge < -0.3 is 9.15 Å². The second-order valence-corrected chi connectivity index (χ2v) is 3.86. The normalized spacial score (nSPS) is 10.8. The highest BCUT2D eigenvalue weighted by Gasteiger charge is 2.12. The minimum Gasteiger partial charge on any atom is -0.480 e. The van der Waals surface area contributed by atoms with E-state index in [0.29, 0.717) is 11.8 Å². The topological polar surface area (TPSA) is 66.0 Å². The zero-order valence-electron chi connectivity index (χ0n) is 10.5. The maximum Gasteiger partial charge on any atom is 0.253 e. The van der Waals surface area contributed by atoms with Gasteiger partial charge >= 0.3 is 0 Å². The van der Waals surface area contributed by atoms with Crippen molar-refractivity contribution in [1.82, 2.24) is 20.0 Å². The highest BCUT2D eigenvalue weighted by Crippen LogP contribution is 2.22. The SMILES string of the molecule is CCc1nnc(COc2c(C)nn(C)c2C)o1. The maximum atomic E-state index is 5.65. The smallest absolute Gasteiger partial charge is 0.253 e. The van der Waals surface area contributed by atoms with Crippen molar-refractivity contribution in [2.75, 3.05) is 0 Å². The molecule has 0 saturated carbocycles. The second kappa shape index (κ2) is 4.57. The van der Waals surface area contributed by atoms with E-state index in [-0.39, 0.29) is 6.61 Å². The summed E-state index contributed by atoms with van der Waals surface area (Å²) in [4.78, 5) is 0. The van der Waals surface area contributed by atoms with Crippen LogP contribution in [0.1, 0.15) is 30.1 Å². The Morgan fingerprint density at radius 3 is 2.47 bits per heavy atom. The lowest BCUT2D eigenvalue weighted by Gasteiger charge is -2.02. The molecule has 2 aromatic rings. The van der Waals surface area contributed by atoms with Gasteiger partial charge in [0.05, 0.1) is 5.69 Å². The van der Waals surface area contributed by atoms with Crippen molar-refractivity contribution in [3.8, 4) is 5.75 Å². The van der Waals surface area contributed by atoms with E-state index in [1.165, 1.54) is 0 Å². The zero-order valence-corrected chi connectivity index (χ0v) is 10.5. The summed E-state index contributed by atoms with van der Waals surface area (Å²) in [6.07, 6.45) is 0.734. The van der Waals surface area contributed by atoms with Crippen LogP contribution in [0.3, 0.4) is 0 Å². The van der Waals surface area contributed by atoms with E-state index in [0.717, 1.165) is 23.6 Å². The molecule has 0 amide bonds. The number of nitrogens with zero attached hydrogens (tertiary/aromatic N) is 4. The molecule has 2 rings (SSSR count). The lowest BCUT2D eigenvalue weighted by molar-refractivity contribution is 0.256. The van der Waals surface area contributed by atoms with Crippen LogP contribution in [0.25, 0.3) is 0 Å². The Hall–Kier alpha value is -1.85. The Morgan fingerprint density at radius 2 is 1.94 bits per heavy atom. The first-order valence-electron chi connectivity index (χ1n) is 5.56. The first-order chi connectivity index (χ1) is 8.11. The van der Waals surface area contributed by atoms with Gasteiger partial charge in [-0.05, 0) is 13.8 Å². The second-order valence-electron chi connectivity index (χ2n) is 3.86. The Labute approximate surface area is 99.6 Å². The molecule has 2 heterocycles. The molecule has 92 valence electrons. The van der Waals surface area contributed by atoms with Crippen LogP contribution in [-0.4, -0.2) is 20.0 Å². The van der Waals surface area contributed by atoms with Crippen molar-refractivity contribution < 1.29 is 9.15 Å². The molecule has 0 saturated heterocycles. The molecule has 0 unspecified atom stereocenters. The van der Waals surface area contributed by atoms with Crippen molar-refractivity contribution in [3.63, 3.8) is 0 Å². The van der Waals surface area contributed by atoms with Crippen LogP contribution in [0.4, 0.5) is 0 Å². The lowest BCUT2D eigenvalue weighted by atomic mass is 10.3. The van der Waals surface area contributed by atoms with Crippen LogP contribution in [-0.2, 0) is 20.1 Å². The summed E-state index contributed by atoms with van der Waals surface area (Å²) in [5.41, 5.74) is 1.85. The molecule has 0 bridgehead atoms. The molecule has 0 aliphatic heterocycles. The van der Waals surface area contributed by atoms with E-state index in [9.17, 15) is 0 Å². The molecular weight excluding hydrogens is 220 g/mol. The summed E-state index contributed by atoms with van der Waals surface area (Å²) in [6, 6.07) is 0. The minimum atomic E-state index is 0.278. The summed E-state index contributed by atoms with van der Waals surface area (Å²) in [5, 5.41) is 12.0. The molecule has 0 aromatic carbocycles. The van der Waals surface area contributed by atoms with Gasteiger partial charge in [0.25, 0.3) is 5.89 Å². The third-order valence-electron chi connectivity index (χ3n) is 2.59. The molecule has 6 nitrogen and oxygen atoms in total. The highest BCUT2D eigenvalue weighted by atomic mass is 16.5. The predicted molar refractivity (Wildman–Crippen MR) is 60.7 cm³/mol. The summed E-state index contributed by atoms with van der Waals surface area (Å²) in [7, 11) is 1.89. The van der Waals surface area contributed by atoms with Gasteiger partial charge in [0.1, 0.15) is 5.69 Å². The van der Waals surface area contributed by atoms with E-state index in [4.69, 9.17) is 9.15 Å². The minimum absolute atomic E-state index is 0.278. The van der Waals surface area contributed by atoms with Crippen LogP contribution in [0.2, 0.25) is 0 Å². The van der Waals surface area contributed by atoms with Gasteiger partial charge in [0.15, 0.2) is 12.4 Å². The molecular formula is C11H16N4O2. The first-order valence-corrected chi connectivity index (χ1v) is 5.56. The summed E-state index contributed by atoms with van der Waals surface area (Å²) in [6.45, 7) is 6.11. The molecule has 0 N–H and O–H groups in total. The fourth-order valence-corrected chi connectivity index (χ4v) is 1.59. The summed E-state index contributed by atoms with van der Waals surface area (Å²) < 4.78 is 12.8. The Balaban J connectivity index is 2.07. The van der Waals surface area contributed by atoms with Gasteiger partial charge in [-0.15, -0.1) is 10.2 Å². The number of rotatable bonds is 4. The van der Waals surface area contributed by atoms with Crippen molar-refractivity contribution in [2.45, 2.75) is 33.8 Å². The number of hydrogen-bond donors (Lipinski definition) is 0. The van der Waals surface area contributed by atoms with E-state index in [2.05, 4.69) is 15.3 Å². The lowest BCUT2D eigenvalue weighted by Crippen LogP contribution is -1.98. The van der Waals surface area contributed by atoms with E-state index in [1.54, 1.807) is 4.68 Å². The van der Waals surface area contributed by atoms with Crippen molar-refractivity contribution in [1.29, 1.82) is 0 Å². The van der Waals surface area contributed by atoms with Gasteiger partial charge in [0, 0.05) is 13.5 Å². The van der Waals surface area contributed by atoms with Gasteiger partial charge in [0.2, 0.25) is 5.89 Å². The molecule has 17 heavy (non-hydrogen) atoms. The van der Waals surface area contributed by atoms with Crippen molar-refractivity contribution in [2.24, 2.45) is 7.05 Å². The van der Waals surface area contributed by atoms with Crippen LogP contribution in [0.15, 0.2) is 4.42 Å². The molecule has 0 fully saturated rings. The largest absolute Gasteiger partial charge is 0.480 e. The summed E-state index contributed by atoms with van der Waals surface area (Å²) >= 11 is 0. The Bertz CT molecular complexity index is 516. The maximum absolute atomic E-state index is 5.65. The third kappa shape index (κ3) is 2.30. The molecule has 0 radical (unpaired) electrons. The van der Waals surface area contributed by atoms with Crippen LogP contribution in [0.5, 0.6) is 5.75 Å². The molecule has 0 aliphatic carbocycles. The molecule has 0 aliphatic rings. The Kier molecular flexibility index (Phi) is 3.12. The van der Waals surface area contributed by atoms with Crippen LogP contribution >= 0.6 is 0 Å². The average molecular weight is 236 g/mol. The predicted octanol–water partition coefficient (Wildman–Crippen LogP) is 1.56. The van der Waals surface area contributed by atoms with Crippen LogP contribution < -0.4 is 4.74 Å². The van der Waals surface area contributed by atoms with Gasteiger partial charge in [-0.3, -0.25) is 4.68 Å². The molecule has 2 aromatic heterocycles. The third-order valence-corrected chi connectivity index (χ3v) is 2.59. The molecule has 6 heteroatoms. The number of aryl methyl sites for hydroxylation is 3. The number of aromatic nitrogens is 4. The number of hydrogen-bond acceptors (Lipinski definition) is 5. The van der Waals surface area contributed by atoms with E-state index < -0.39 is 0 Å². The Morgan fingerprint density at radius 1 is 1.24 bits per heavy atom. The first kappa shape index (κ1) is 11.6. The number of ether oxygens (including phenoxy) is 1. The average Bonchev–Trinajstić information content (AvgIpc) is 2.84.